The molecule has 1 saturated heterocycles. The van der Waals surface area contributed by atoms with Crippen molar-refractivity contribution in [3.05, 3.63) is 75.6 Å². The zero-order valence-corrected chi connectivity index (χ0v) is 19.5. The number of aromatic nitrogens is 1. The second-order valence-electron chi connectivity index (χ2n) is 8.02. The van der Waals surface area contributed by atoms with Crippen molar-refractivity contribution in [1.29, 1.82) is 5.26 Å². The van der Waals surface area contributed by atoms with Crippen LogP contribution in [0.2, 0.25) is 5.02 Å². The number of imide groups is 1. The maximum absolute atomic E-state index is 14.4. The van der Waals surface area contributed by atoms with E-state index in [2.05, 4.69) is 15.6 Å². The number of urea groups is 1. The average Bonchev–Trinajstić information content (AvgIpc) is 3.41. The lowest BCUT2D eigenvalue weighted by Gasteiger charge is -2.26. The predicted molar refractivity (Wildman–Crippen MR) is 127 cm³/mol. The summed E-state index contributed by atoms with van der Waals surface area (Å²) in [6.45, 7) is -1.30. The molecule has 1 aliphatic heterocycles. The molecule has 0 saturated carbocycles. The first-order valence-corrected chi connectivity index (χ1v) is 11.1. The smallest absolute Gasteiger partial charge is 0.330 e. The van der Waals surface area contributed by atoms with E-state index in [1.165, 1.54) is 30.5 Å². The highest BCUT2D eigenvalue weighted by atomic mass is 35.5. The van der Waals surface area contributed by atoms with Crippen LogP contribution in [0.25, 0.3) is 17.0 Å². The summed E-state index contributed by atoms with van der Waals surface area (Å²) in [6.07, 6.45) is 2.66. The van der Waals surface area contributed by atoms with Crippen molar-refractivity contribution in [3.8, 4) is 6.07 Å². The van der Waals surface area contributed by atoms with Crippen LogP contribution in [0.15, 0.2) is 42.2 Å². The molecule has 0 radical (unpaired) electrons. The van der Waals surface area contributed by atoms with Gasteiger partial charge in [-0.15, -0.1) is 0 Å². The fraction of sp³-hybridized carbons (Fsp3) is 0.167. The largest absolute Gasteiger partial charge is 0.394 e. The number of aliphatic hydroxyl groups is 2. The Morgan fingerprint density at radius 2 is 1.95 bits per heavy atom. The van der Waals surface area contributed by atoms with Crippen molar-refractivity contribution in [2.24, 2.45) is 0 Å². The van der Waals surface area contributed by atoms with Gasteiger partial charge in [0.2, 0.25) is 5.91 Å². The Morgan fingerprint density at radius 1 is 1.22 bits per heavy atom. The Bertz CT molecular complexity index is 1490. The van der Waals surface area contributed by atoms with E-state index in [1.54, 1.807) is 6.07 Å². The molecule has 0 spiro atoms. The molecule has 1 atom stereocenters. The summed E-state index contributed by atoms with van der Waals surface area (Å²) < 4.78 is 28.7. The van der Waals surface area contributed by atoms with Gasteiger partial charge in [-0.05, 0) is 29.8 Å². The quantitative estimate of drug-likeness (QED) is 0.233. The maximum atomic E-state index is 14.4. The van der Waals surface area contributed by atoms with E-state index in [1.807, 2.05) is 0 Å². The minimum absolute atomic E-state index is 0.0809. The van der Waals surface area contributed by atoms with Gasteiger partial charge in [0.15, 0.2) is 5.82 Å². The number of aliphatic hydroxyl groups excluding tert-OH is 2. The van der Waals surface area contributed by atoms with Gasteiger partial charge in [-0.2, -0.15) is 5.26 Å². The maximum Gasteiger partial charge on any atom is 0.330 e. The number of nitrogens with zero attached hydrogens (tertiary/aromatic N) is 2. The van der Waals surface area contributed by atoms with Gasteiger partial charge in [-0.3, -0.25) is 9.59 Å². The van der Waals surface area contributed by atoms with E-state index < -0.39 is 54.8 Å². The third kappa shape index (κ3) is 4.75. The number of fused-ring (bicyclic) bond motifs is 1. The van der Waals surface area contributed by atoms with Crippen molar-refractivity contribution in [2.75, 3.05) is 13.2 Å². The fourth-order valence-electron chi connectivity index (χ4n) is 3.86. The minimum Gasteiger partial charge on any atom is -0.394 e. The predicted octanol–water partition coefficient (Wildman–Crippen LogP) is 2.07. The first-order valence-electron chi connectivity index (χ1n) is 10.7. The molecule has 5 N–H and O–H groups in total. The zero-order chi connectivity index (χ0) is 26.9. The highest BCUT2D eigenvalue weighted by Crippen LogP contribution is 2.31. The van der Waals surface area contributed by atoms with Crippen LogP contribution >= 0.6 is 11.6 Å². The topological polar surface area (TPSA) is 159 Å². The molecular formula is C24H18ClF2N5O5. The Kier molecular flexibility index (Phi) is 7.21. The molecule has 3 aromatic rings. The first-order chi connectivity index (χ1) is 17.7. The molecule has 190 valence electrons. The molecule has 4 amide bonds. The number of amides is 4. The van der Waals surface area contributed by atoms with Crippen LogP contribution in [-0.2, 0) is 9.59 Å². The van der Waals surface area contributed by atoms with Crippen molar-refractivity contribution in [3.63, 3.8) is 0 Å². The van der Waals surface area contributed by atoms with E-state index in [-0.39, 0.29) is 27.4 Å². The van der Waals surface area contributed by atoms with Crippen molar-refractivity contribution in [1.82, 2.24) is 20.5 Å². The summed E-state index contributed by atoms with van der Waals surface area (Å²) in [5.74, 6) is -3.64. The molecule has 4 rings (SSSR count). The monoisotopic (exact) mass is 529 g/mol. The van der Waals surface area contributed by atoms with Crippen LogP contribution in [0, 0.1) is 23.0 Å². The molecule has 2 aromatic carbocycles. The minimum atomic E-state index is -1.72. The average molecular weight is 530 g/mol. The van der Waals surface area contributed by atoms with Crippen LogP contribution in [0.1, 0.15) is 22.7 Å². The van der Waals surface area contributed by atoms with Gasteiger partial charge in [0.05, 0.1) is 35.4 Å². The van der Waals surface area contributed by atoms with Crippen LogP contribution in [0.3, 0.4) is 0 Å². The number of halogens is 3. The third-order valence-corrected chi connectivity index (χ3v) is 6.00. The molecule has 10 nitrogen and oxygen atoms in total. The first kappa shape index (κ1) is 25.8. The molecule has 13 heteroatoms. The van der Waals surface area contributed by atoms with E-state index in [0.29, 0.717) is 15.8 Å². The van der Waals surface area contributed by atoms with Crippen molar-refractivity contribution in [2.45, 2.75) is 12.1 Å². The summed E-state index contributed by atoms with van der Waals surface area (Å²) in [6, 6.07) is 3.74. The molecule has 0 bridgehead atoms. The lowest BCUT2D eigenvalue weighted by atomic mass is 10.0. The van der Waals surface area contributed by atoms with Crippen LogP contribution < -0.4 is 10.6 Å². The number of carbonyl (C=O) groups excluding carboxylic acids is 3. The Labute approximate surface area is 212 Å². The molecule has 1 aliphatic rings. The Hall–Kier alpha value is -4.31. The van der Waals surface area contributed by atoms with E-state index >= 15 is 0 Å². The van der Waals surface area contributed by atoms with Crippen molar-refractivity contribution < 1.29 is 33.4 Å². The Morgan fingerprint density at radius 3 is 2.59 bits per heavy atom. The molecule has 37 heavy (non-hydrogen) atoms. The lowest BCUT2D eigenvalue weighted by molar-refractivity contribution is -0.134. The van der Waals surface area contributed by atoms with Crippen LogP contribution in [0.5, 0.6) is 0 Å². The number of rotatable bonds is 7. The molecule has 1 aromatic heterocycles. The number of H-pyrrole nitrogens is 1. The van der Waals surface area contributed by atoms with Gasteiger partial charge in [0, 0.05) is 17.1 Å². The number of carbonyl (C=O) groups is 3. The SMILES string of the molecule is N#Cc1ccc(C(C(=O)NC(CO)CO)N2C(=O)N/C(=C\c3c[nH]c4c(F)c(Cl)ccc34)C2=O)cc1F. The number of benzene rings is 2. The van der Waals surface area contributed by atoms with E-state index in [0.717, 1.165) is 12.1 Å². The molecular weight excluding hydrogens is 512 g/mol. The van der Waals surface area contributed by atoms with E-state index in [9.17, 15) is 33.4 Å². The van der Waals surface area contributed by atoms with Gasteiger partial charge in [-0.1, -0.05) is 23.7 Å². The molecule has 1 unspecified atom stereocenters. The standard InChI is InChI=1S/C24H18ClF2N5O5/c25-16-4-3-15-13(8-29-20(15)19(16)27)6-18-23(36)32(24(37)31-18)21(22(35)30-14(9-33)10-34)11-1-2-12(7-28)17(26)5-11/h1-6,8,14,21,29,33-34H,9-10H2,(H,30,35)(H,31,37)/b18-6-. The summed E-state index contributed by atoms with van der Waals surface area (Å²) in [5.41, 5.74) is -0.304. The number of hydrogen-bond acceptors (Lipinski definition) is 6. The summed E-state index contributed by atoms with van der Waals surface area (Å²) in [4.78, 5) is 42.5. The summed E-state index contributed by atoms with van der Waals surface area (Å²) in [5, 5.41) is 32.6. The number of nitrogens with one attached hydrogen (secondary N) is 3. The van der Waals surface area contributed by atoms with Gasteiger partial charge >= 0.3 is 6.03 Å². The molecule has 2 heterocycles. The van der Waals surface area contributed by atoms with Gasteiger partial charge in [0.1, 0.15) is 23.6 Å². The Balaban J connectivity index is 1.75. The van der Waals surface area contributed by atoms with Crippen LogP contribution in [-0.4, -0.2) is 57.2 Å². The second kappa shape index (κ2) is 10.4. The lowest BCUT2D eigenvalue weighted by Crippen LogP contribution is -2.48. The number of hydrogen-bond donors (Lipinski definition) is 5. The molecule has 0 aliphatic carbocycles. The zero-order valence-electron chi connectivity index (χ0n) is 18.8. The normalized spacial score (nSPS) is 15.4. The highest BCUT2D eigenvalue weighted by Gasteiger charge is 2.43. The fourth-order valence-corrected chi connectivity index (χ4v) is 4.01. The number of nitriles is 1. The van der Waals surface area contributed by atoms with Gasteiger partial charge < -0.3 is 25.8 Å². The van der Waals surface area contributed by atoms with Crippen molar-refractivity contribution >= 4 is 46.4 Å². The number of aromatic amines is 1. The summed E-state index contributed by atoms with van der Waals surface area (Å²) in [7, 11) is 0. The molecule has 1 fully saturated rings. The van der Waals surface area contributed by atoms with Gasteiger partial charge in [-0.25, -0.2) is 18.5 Å². The summed E-state index contributed by atoms with van der Waals surface area (Å²) >= 11 is 5.80. The van der Waals surface area contributed by atoms with E-state index in [4.69, 9.17) is 16.9 Å². The van der Waals surface area contributed by atoms with Crippen LogP contribution in [0.4, 0.5) is 13.6 Å². The van der Waals surface area contributed by atoms with Gasteiger partial charge in [0.25, 0.3) is 5.91 Å². The second-order valence-corrected chi connectivity index (χ2v) is 8.42. The third-order valence-electron chi connectivity index (χ3n) is 5.71. The highest BCUT2D eigenvalue weighted by molar-refractivity contribution is 6.31.